The van der Waals surface area contributed by atoms with Crippen LogP contribution < -0.4 is 5.32 Å². The van der Waals surface area contributed by atoms with E-state index in [9.17, 15) is 0 Å². The molecule has 4 aliphatic carbocycles. The van der Waals surface area contributed by atoms with Gasteiger partial charge in [-0.3, -0.25) is 0 Å². The van der Waals surface area contributed by atoms with Crippen molar-refractivity contribution in [1.29, 1.82) is 0 Å². The highest BCUT2D eigenvalue weighted by molar-refractivity contribution is 5.02. The Bertz CT molecular complexity index is 243. The maximum atomic E-state index is 3.81. The zero-order valence-corrected chi connectivity index (χ0v) is 11.8. The Hall–Kier alpha value is -0.0400. The quantitative estimate of drug-likeness (QED) is 0.783. The van der Waals surface area contributed by atoms with Gasteiger partial charge in [-0.05, 0) is 74.2 Å². The Morgan fingerprint density at radius 1 is 0.941 bits per heavy atom. The van der Waals surface area contributed by atoms with Gasteiger partial charge in [0, 0.05) is 6.04 Å². The third-order valence-electron chi connectivity index (χ3n) is 5.87. The van der Waals surface area contributed by atoms with Gasteiger partial charge in [0.15, 0.2) is 0 Å². The number of rotatable bonds is 4. The van der Waals surface area contributed by atoms with Gasteiger partial charge in [-0.15, -0.1) is 0 Å². The molecule has 4 bridgehead atoms. The van der Waals surface area contributed by atoms with E-state index >= 15 is 0 Å². The summed E-state index contributed by atoms with van der Waals surface area (Å²) < 4.78 is 0. The van der Waals surface area contributed by atoms with Crippen LogP contribution in [0.15, 0.2) is 0 Å². The van der Waals surface area contributed by atoms with Crippen LogP contribution in [0.4, 0.5) is 0 Å². The van der Waals surface area contributed by atoms with E-state index in [1.807, 2.05) is 0 Å². The van der Waals surface area contributed by atoms with Crippen molar-refractivity contribution in [3.05, 3.63) is 0 Å². The van der Waals surface area contributed by atoms with Gasteiger partial charge in [-0.1, -0.05) is 20.8 Å². The van der Waals surface area contributed by atoms with Crippen LogP contribution >= 0.6 is 0 Å². The highest BCUT2D eigenvalue weighted by Crippen LogP contribution is 2.57. The number of nitrogens with one attached hydrogen (secondary N) is 1. The van der Waals surface area contributed by atoms with Gasteiger partial charge in [-0.2, -0.15) is 0 Å². The topological polar surface area (TPSA) is 12.0 Å². The molecule has 0 aromatic rings. The molecular weight excluding hydrogens is 206 g/mol. The first-order valence-electron chi connectivity index (χ1n) is 7.92. The Balaban J connectivity index is 1.78. The molecule has 0 spiro atoms. The minimum atomic E-state index is 0.787. The SMILES string of the molecule is CCNC(C(C)C)C1C2CC3CC(C2)CC1C3. The second kappa shape index (κ2) is 4.57. The largest absolute Gasteiger partial charge is 0.314 e. The summed E-state index contributed by atoms with van der Waals surface area (Å²) in [7, 11) is 0. The lowest BCUT2D eigenvalue weighted by molar-refractivity contribution is -0.0581. The maximum Gasteiger partial charge on any atom is 0.0123 e. The minimum absolute atomic E-state index is 0.787. The molecule has 1 atom stereocenters. The van der Waals surface area contributed by atoms with E-state index < -0.39 is 0 Å². The van der Waals surface area contributed by atoms with Gasteiger partial charge in [0.05, 0.1) is 0 Å². The van der Waals surface area contributed by atoms with Crippen LogP contribution in [-0.4, -0.2) is 12.6 Å². The molecule has 17 heavy (non-hydrogen) atoms. The second-order valence-corrected chi connectivity index (χ2v) is 7.34. The van der Waals surface area contributed by atoms with Gasteiger partial charge in [0.1, 0.15) is 0 Å². The fraction of sp³-hybridized carbons (Fsp3) is 1.00. The third-order valence-corrected chi connectivity index (χ3v) is 5.87. The molecule has 0 saturated heterocycles. The van der Waals surface area contributed by atoms with Crippen LogP contribution in [0.25, 0.3) is 0 Å². The van der Waals surface area contributed by atoms with Crippen LogP contribution in [0.3, 0.4) is 0 Å². The summed E-state index contributed by atoms with van der Waals surface area (Å²) >= 11 is 0. The first-order chi connectivity index (χ1) is 8.19. The summed E-state index contributed by atoms with van der Waals surface area (Å²) in [6.07, 6.45) is 7.82. The second-order valence-electron chi connectivity index (χ2n) is 7.34. The molecule has 0 aliphatic heterocycles. The molecule has 4 rings (SSSR count). The Labute approximate surface area is 107 Å². The van der Waals surface area contributed by atoms with Crippen molar-refractivity contribution >= 4 is 0 Å². The van der Waals surface area contributed by atoms with Crippen LogP contribution in [-0.2, 0) is 0 Å². The average molecular weight is 235 g/mol. The molecule has 0 heterocycles. The molecule has 1 unspecified atom stereocenters. The standard InChI is InChI=1S/C16H29N/c1-4-17-16(10(2)3)15-13-6-11-5-12(8-13)9-14(15)7-11/h10-17H,4-9H2,1-3H3. The lowest BCUT2D eigenvalue weighted by atomic mass is 9.50. The van der Waals surface area contributed by atoms with E-state index in [1.54, 1.807) is 32.1 Å². The van der Waals surface area contributed by atoms with Gasteiger partial charge in [0.25, 0.3) is 0 Å². The predicted molar refractivity (Wildman–Crippen MR) is 72.8 cm³/mol. The molecule has 0 amide bonds. The minimum Gasteiger partial charge on any atom is -0.314 e. The van der Waals surface area contributed by atoms with Crippen LogP contribution in [0.1, 0.15) is 52.9 Å². The lowest BCUT2D eigenvalue weighted by Gasteiger charge is -2.57. The first kappa shape index (κ1) is 12.0. The first-order valence-corrected chi connectivity index (χ1v) is 7.92. The van der Waals surface area contributed by atoms with Crippen molar-refractivity contribution in [2.75, 3.05) is 6.54 Å². The highest BCUT2D eigenvalue weighted by Gasteiger charge is 2.50. The summed E-state index contributed by atoms with van der Waals surface area (Å²) in [6.45, 7) is 8.24. The van der Waals surface area contributed by atoms with Crippen molar-refractivity contribution in [2.24, 2.45) is 35.5 Å². The molecule has 4 fully saturated rings. The van der Waals surface area contributed by atoms with E-state index in [4.69, 9.17) is 0 Å². The molecule has 0 aromatic carbocycles. The summed E-state index contributed by atoms with van der Waals surface area (Å²) in [4.78, 5) is 0. The number of hydrogen-bond acceptors (Lipinski definition) is 1. The Morgan fingerprint density at radius 2 is 1.47 bits per heavy atom. The van der Waals surface area contributed by atoms with E-state index in [-0.39, 0.29) is 0 Å². The van der Waals surface area contributed by atoms with Crippen molar-refractivity contribution in [3.63, 3.8) is 0 Å². The highest BCUT2D eigenvalue weighted by atomic mass is 14.9. The fourth-order valence-corrected chi connectivity index (χ4v) is 5.61. The van der Waals surface area contributed by atoms with E-state index in [0.29, 0.717) is 0 Å². The van der Waals surface area contributed by atoms with Crippen molar-refractivity contribution in [3.8, 4) is 0 Å². The molecule has 0 aromatic heterocycles. The smallest absolute Gasteiger partial charge is 0.0123 e. The number of hydrogen-bond donors (Lipinski definition) is 1. The molecule has 98 valence electrons. The Kier molecular flexibility index (Phi) is 3.23. The summed E-state index contributed by atoms with van der Waals surface area (Å²) in [6, 6.07) is 0.787. The summed E-state index contributed by atoms with van der Waals surface area (Å²) in [5, 5.41) is 3.81. The Morgan fingerprint density at radius 3 is 1.88 bits per heavy atom. The summed E-state index contributed by atoms with van der Waals surface area (Å²) in [5.41, 5.74) is 0. The van der Waals surface area contributed by atoms with Crippen LogP contribution in [0.5, 0.6) is 0 Å². The third kappa shape index (κ3) is 2.05. The van der Waals surface area contributed by atoms with E-state index in [1.165, 1.54) is 0 Å². The zero-order valence-electron chi connectivity index (χ0n) is 11.8. The molecule has 4 aliphatic rings. The molecular formula is C16H29N. The molecule has 1 heteroatoms. The molecule has 1 nitrogen and oxygen atoms in total. The normalized spacial score (nSPS) is 45.5. The van der Waals surface area contributed by atoms with Crippen LogP contribution in [0.2, 0.25) is 0 Å². The fourth-order valence-electron chi connectivity index (χ4n) is 5.61. The van der Waals surface area contributed by atoms with Gasteiger partial charge < -0.3 is 5.32 Å². The maximum absolute atomic E-state index is 3.81. The van der Waals surface area contributed by atoms with Gasteiger partial charge >= 0.3 is 0 Å². The lowest BCUT2D eigenvalue weighted by Crippen LogP contribution is -2.54. The van der Waals surface area contributed by atoms with Crippen LogP contribution in [0, 0.1) is 35.5 Å². The molecule has 1 N–H and O–H groups in total. The summed E-state index contributed by atoms with van der Waals surface area (Å²) in [5.74, 6) is 6.17. The van der Waals surface area contributed by atoms with Crippen molar-refractivity contribution in [1.82, 2.24) is 5.32 Å². The predicted octanol–water partition coefficient (Wildman–Crippen LogP) is 3.69. The van der Waals surface area contributed by atoms with Gasteiger partial charge in [0.2, 0.25) is 0 Å². The van der Waals surface area contributed by atoms with Gasteiger partial charge in [-0.25, -0.2) is 0 Å². The van der Waals surface area contributed by atoms with Crippen molar-refractivity contribution in [2.45, 2.75) is 58.9 Å². The zero-order chi connectivity index (χ0) is 12.0. The monoisotopic (exact) mass is 235 g/mol. The van der Waals surface area contributed by atoms with Crippen molar-refractivity contribution < 1.29 is 0 Å². The van der Waals surface area contributed by atoms with E-state index in [0.717, 1.165) is 48.1 Å². The molecule has 4 saturated carbocycles. The van der Waals surface area contributed by atoms with E-state index in [2.05, 4.69) is 26.1 Å². The average Bonchev–Trinajstić information content (AvgIpc) is 2.26. The molecule has 0 radical (unpaired) electrons.